The van der Waals surface area contributed by atoms with E-state index in [4.69, 9.17) is 0 Å². The number of rotatable bonds is 3. The first kappa shape index (κ1) is 13.9. The van der Waals surface area contributed by atoms with Crippen LogP contribution in [0.1, 0.15) is 5.82 Å². The standard InChI is InChI=1S/C17H15FN2S/c1-11-19-16(12-3-7-14(18)8-4-12)17(20-11)13-5-9-15(21-2)10-6-13/h3-10H,1-2H3,(H,19,20). The van der Waals surface area contributed by atoms with Crippen molar-refractivity contribution in [2.45, 2.75) is 11.8 Å². The Labute approximate surface area is 127 Å². The number of hydrogen-bond acceptors (Lipinski definition) is 2. The second-order valence-electron chi connectivity index (χ2n) is 4.78. The first-order valence-corrected chi connectivity index (χ1v) is 7.87. The molecule has 0 fully saturated rings. The van der Waals surface area contributed by atoms with E-state index in [1.54, 1.807) is 23.9 Å². The van der Waals surface area contributed by atoms with E-state index < -0.39 is 0 Å². The van der Waals surface area contributed by atoms with Gasteiger partial charge in [0, 0.05) is 16.0 Å². The SMILES string of the molecule is CSc1ccc(-c2nc(C)[nH]c2-c2ccc(F)cc2)cc1. The van der Waals surface area contributed by atoms with Gasteiger partial charge in [0.15, 0.2) is 0 Å². The minimum atomic E-state index is -0.235. The van der Waals surface area contributed by atoms with E-state index in [2.05, 4.69) is 40.5 Å². The van der Waals surface area contributed by atoms with Gasteiger partial charge in [-0.1, -0.05) is 12.1 Å². The highest BCUT2D eigenvalue weighted by Gasteiger charge is 2.12. The molecule has 0 aliphatic heterocycles. The van der Waals surface area contributed by atoms with Crippen LogP contribution in [-0.4, -0.2) is 16.2 Å². The quantitative estimate of drug-likeness (QED) is 0.696. The van der Waals surface area contributed by atoms with E-state index in [-0.39, 0.29) is 5.82 Å². The monoisotopic (exact) mass is 298 g/mol. The smallest absolute Gasteiger partial charge is 0.123 e. The molecule has 0 aliphatic carbocycles. The van der Waals surface area contributed by atoms with E-state index in [0.717, 1.165) is 28.3 Å². The normalized spacial score (nSPS) is 10.8. The van der Waals surface area contributed by atoms with Gasteiger partial charge in [-0.2, -0.15) is 0 Å². The molecule has 0 amide bonds. The number of aryl methyl sites for hydroxylation is 1. The van der Waals surface area contributed by atoms with Crippen LogP contribution < -0.4 is 0 Å². The second-order valence-corrected chi connectivity index (χ2v) is 5.66. The van der Waals surface area contributed by atoms with E-state index in [1.807, 2.05) is 6.92 Å². The zero-order valence-corrected chi connectivity index (χ0v) is 12.7. The lowest BCUT2D eigenvalue weighted by Gasteiger charge is -2.04. The highest BCUT2D eigenvalue weighted by molar-refractivity contribution is 7.98. The van der Waals surface area contributed by atoms with Gasteiger partial charge < -0.3 is 4.98 Å². The molecule has 0 spiro atoms. The van der Waals surface area contributed by atoms with Crippen LogP contribution in [0.4, 0.5) is 4.39 Å². The fourth-order valence-electron chi connectivity index (χ4n) is 2.27. The number of aromatic amines is 1. The molecule has 0 aliphatic rings. The van der Waals surface area contributed by atoms with E-state index in [9.17, 15) is 4.39 Å². The highest BCUT2D eigenvalue weighted by Crippen LogP contribution is 2.31. The van der Waals surface area contributed by atoms with Crippen LogP contribution in [0.2, 0.25) is 0 Å². The maximum atomic E-state index is 13.1. The number of thioether (sulfide) groups is 1. The van der Waals surface area contributed by atoms with Crippen molar-refractivity contribution < 1.29 is 4.39 Å². The van der Waals surface area contributed by atoms with Crippen LogP contribution in [0.25, 0.3) is 22.5 Å². The summed E-state index contributed by atoms with van der Waals surface area (Å²) in [6, 6.07) is 14.8. The Kier molecular flexibility index (Phi) is 3.80. The van der Waals surface area contributed by atoms with Gasteiger partial charge in [-0.15, -0.1) is 11.8 Å². The lowest BCUT2D eigenvalue weighted by molar-refractivity contribution is 0.628. The molecule has 2 nitrogen and oxygen atoms in total. The third-order valence-electron chi connectivity index (χ3n) is 3.32. The molecule has 1 aromatic heterocycles. The summed E-state index contributed by atoms with van der Waals surface area (Å²) in [6.07, 6.45) is 2.05. The van der Waals surface area contributed by atoms with Crippen molar-refractivity contribution in [3.8, 4) is 22.5 Å². The Hall–Kier alpha value is -2.07. The lowest BCUT2D eigenvalue weighted by Crippen LogP contribution is -1.84. The Morgan fingerprint density at radius 3 is 2.19 bits per heavy atom. The van der Waals surface area contributed by atoms with Gasteiger partial charge in [0.05, 0.1) is 11.4 Å². The molecule has 0 saturated heterocycles. The zero-order valence-electron chi connectivity index (χ0n) is 11.9. The molecule has 0 radical (unpaired) electrons. The van der Waals surface area contributed by atoms with Gasteiger partial charge in [0.2, 0.25) is 0 Å². The number of aromatic nitrogens is 2. The van der Waals surface area contributed by atoms with Gasteiger partial charge in [0.1, 0.15) is 11.6 Å². The second kappa shape index (κ2) is 5.74. The summed E-state index contributed by atoms with van der Waals surface area (Å²) in [5.41, 5.74) is 3.80. The Morgan fingerprint density at radius 2 is 1.57 bits per heavy atom. The summed E-state index contributed by atoms with van der Waals surface area (Å²) in [4.78, 5) is 9.06. The maximum absolute atomic E-state index is 13.1. The van der Waals surface area contributed by atoms with Crippen molar-refractivity contribution in [2.75, 3.05) is 6.26 Å². The summed E-state index contributed by atoms with van der Waals surface area (Å²) in [5, 5.41) is 0. The highest BCUT2D eigenvalue weighted by atomic mass is 32.2. The molecule has 0 bridgehead atoms. The van der Waals surface area contributed by atoms with Crippen molar-refractivity contribution in [1.82, 2.24) is 9.97 Å². The summed E-state index contributed by atoms with van der Waals surface area (Å²) in [7, 11) is 0. The van der Waals surface area contributed by atoms with Crippen LogP contribution in [0.5, 0.6) is 0 Å². The van der Waals surface area contributed by atoms with Crippen LogP contribution >= 0.6 is 11.8 Å². The number of hydrogen-bond donors (Lipinski definition) is 1. The average Bonchev–Trinajstić information content (AvgIpc) is 2.90. The van der Waals surface area contributed by atoms with Gasteiger partial charge in [-0.25, -0.2) is 9.37 Å². The summed E-state index contributed by atoms with van der Waals surface area (Å²) < 4.78 is 13.1. The largest absolute Gasteiger partial charge is 0.342 e. The number of nitrogens with one attached hydrogen (secondary N) is 1. The molecule has 3 rings (SSSR count). The number of halogens is 1. The summed E-state index contributed by atoms with van der Waals surface area (Å²) in [5.74, 6) is 0.610. The fraction of sp³-hybridized carbons (Fsp3) is 0.118. The molecule has 0 saturated carbocycles. The molecular formula is C17H15FN2S. The molecule has 1 heterocycles. The summed E-state index contributed by atoms with van der Waals surface area (Å²) in [6.45, 7) is 1.92. The molecular weight excluding hydrogens is 283 g/mol. The van der Waals surface area contributed by atoms with E-state index in [0.29, 0.717) is 0 Å². The van der Waals surface area contributed by atoms with Crippen molar-refractivity contribution in [3.63, 3.8) is 0 Å². The molecule has 4 heteroatoms. The minimum Gasteiger partial charge on any atom is -0.342 e. The van der Waals surface area contributed by atoms with E-state index >= 15 is 0 Å². The molecule has 0 atom stereocenters. The van der Waals surface area contributed by atoms with Crippen molar-refractivity contribution in [1.29, 1.82) is 0 Å². The summed E-state index contributed by atoms with van der Waals surface area (Å²) >= 11 is 1.71. The Balaban J connectivity index is 2.08. The van der Waals surface area contributed by atoms with Crippen molar-refractivity contribution in [2.24, 2.45) is 0 Å². The fourth-order valence-corrected chi connectivity index (χ4v) is 2.68. The van der Waals surface area contributed by atoms with Crippen LogP contribution in [0, 0.1) is 12.7 Å². The first-order valence-electron chi connectivity index (χ1n) is 6.64. The van der Waals surface area contributed by atoms with E-state index in [1.165, 1.54) is 17.0 Å². The first-order chi connectivity index (χ1) is 10.2. The third-order valence-corrected chi connectivity index (χ3v) is 4.06. The minimum absolute atomic E-state index is 0.235. The lowest BCUT2D eigenvalue weighted by atomic mass is 10.1. The molecule has 0 unspecified atom stereocenters. The van der Waals surface area contributed by atoms with Crippen molar-refractivity contribution >= 4 is 11.8 Å². The predicted molar refractivity (Wildman–Crippen MR) is 85.9 cm³/mol. The number of H-pyrrole nitrogens is 1. The van der Waals surface area contributed by atoms with Gasteiger partial charge in [-0.05, 0) is 49.6 Å². The van der Waals surface area contributed by atoms with Crippen LogP contribution in [0.3, 0.4) is 0 Å². The number of benzene rings is 2. The topological polar surface area (TPSA) is 28.7 Å². The molecule has 21 heavy (non-hydrogen) atoms. The molecule has 1 N–H and O–H groups in total. The van der Waals surface area contributed by atoms with Crippen molar-refractivity contribution in [3.05, 3.63) is 60.2 Å². The molecule has 2 aromatic carbocycles. The van der Waals surface area contributed by atoms with Gasteiger partial charge in [-0.3, -0.25) is 0 Å². The van der Waals surface area contributed by atoms with Crippen LogP contribution in [0.15, 0.2) is 53.4 Å². The van der Waals surface area contributed by atoms with Crippen LogP contribution in [-0.2, 0) is 0 Å². The molecule has 106 valence electrons. The van der Waals surface area contributed by atoms with Gasteiger partial charge in [0.25, 0.3) is 0 Å². The average molecular weight is 298 g/mol. The Morgan fingerprint density at radius 1 is 0.952 bits per heavy atom. The zero-order chi connectivity index (χ0) is 14.8. The van der Waals surface area contributed by atoms with Gasteiger partial charge >= 0.3 is 0 Å². The maximum Gasteiger partial charge on any atom is 0.123 e. The molecule has 3 aromatic rings. The predicted octanol–water partition coefficient (Wildman–Crippen LogP) is 4.91. The third kappa shape index (κ3) is 2.85. The Bertz CT molecular complexity index is 745. The number of imidazole rings is 1. The number of nitrogens with zero attached hydrogens (tertiary/aromatic N) is 1.